The topological polar surface area (TPSA) is 17.0 Å². The van der Waals surface area contributed by atoms with E-state index in [0.717, 1.165) is 18.0 Å². The standard InChI is InChI=1S/C15H21ClN2/c1-15(2,3)17-8-7-11-10-18(4)14-6-5-12(16)9-13(11)14/h5-6,9-10,17H,7-8H2,1-4H3. The van der Waals surface area contributed by atoms with Gasteiger partial charge in [-0.25, -0.2) is 0 Å². The van der Waals surface area contributed by atoms with Gasteiger partial charge in [0.1, 0.15) is 0 Å². The fraction of sp³-hybridized carbons (Fsp3) is 0.467. The van der Waals surface area contributed by atoms with E-state index >= 15 is 0 Å². The first-order valence-corrected chi connectivity index (χ1v) is 6.73. The number of fused-ring (bicyclic) bond motifs is 1. The largest absolute Gasteiger partial charge is 0.350 e. The van der Waals surface area contributed by atoms with Gasteiger partial charge in [0.2, 0.25) is 0 Å². The molecule has 0 unspecified atom stereocenters. The Morgan fingerprint density at radius 2 is 2.00 bits per heavy atom. The van der Waals surface area contributed by atoms with Crippen LogP contribution in [0.2, 0.25) is 5.02 Å². The maximum absolute atomic E-state index is 6.08. The zero-order chi connectivity index (χ0) is 13.3. The quantitative estimate of drug-likeness (QED) is 0.893. The number of nitrogens with zero attached hydrogens (tertiary/aromatic N) is 1. The molecule has 0 amide bonds. The molecular weight excluding hydrogens is 244 g/mol. The molecular formula is C15H21ClN2. The summed E-state index contributed by atoms with van der Waals surface area (Å²) >= 11 is 6.08. The summed E-state index contributed by atoms with van der Waals surface area (Å²) in [6.45, 7) is 7.54. The third kappa shape index (κ3) is 3.06. The van der Waals surface area contributed by atoms with E-state index in [1.165, 1.54) is 16.5 Å². The SMILES string of the molecule is Cn1cc(CCNC(C)(C)C)c2cc(Cl)ccc21. The number of aryl methyl sites for hydroxylation is 1. The van der Waals surface area contributed by atoms with Gasteiger partial charge in [-0.3, -0.25) is 0 Å². The van der Waals surface area contributed by atoms with E-state index in [1.807, 2.05) is 6.07 Å². The van der Waals surface area contributed by atoms with Crippen molar-refractivity contribution in [2.24, 2.45) is 7.05 Å². The van der Waals surface area contributed by atoms with Gasteiger partial charge in [0, 0.05) is 34.7 Å². The molecule has 1 aromatic carbocycles. The van der Waals surface area contributed by atoms with Crippen molar-refractivity contribution in [3.63, 3.8) is 0 Å². The van der Waals surface area contributed by atoms with Crippen molar-refractivity contribution in [1.29, 1.82) is 0 Å². The molecule has 0 aliphatic rings. The van der Waals surface area contributed by atoms with Crippen molar-refractivity contribution in [3.05, 3.63) is 35.0 Å². The van der Waals surface area contributed by atoms with Crippen molar-refractivity contribution >= 4 is 22.5 Å². The van der Waals surface area contributed by atoms with E-state index in [1.54, 1.807) is 0 Å². The number of hydrogen-bond donors (Lipinski definition) is 1. The lowest BCUT2D eigenvalue weighted by Crippen LogP contribution is -2.37. The Bertz CT molecular complexity index is 549. The molecule has 0 radical (unpaired) electrons. The van der Waals surface area contributed by atoms with Crippen LogP contribution in [0.15, 0.2) is 24.4 Å². The van der Waals surface area contributed by atoms with Crippen LogP contribution in [0, 0.1) is 0 Å². The normalized spacial score (nSPS) is 12.3. The summed E-state index contributed by atoms with van der Waals surface area (Å²) in [5.41, 5.74) is 2.76. The highest BCUT2D eigenvalue weighted by Crippen LogP contribution is 2.24. The van der Waals surface area contributed by atoms with E-state index < -0.39 is 0 Å². The van der Waals surface area contributed by atoms with Gasteiger partial charge in [0.15, 0.2) is 0 Å². The summed E-state index contributed by atoms with van der Waals surface area (Å²) in [5.74, 6) is 0. The van der Waals surface area contributed by atoms with E-state index in [2.05, 4.69) is 56.0 Å². The number of hydrogen-bond acceptors (Lipinski definition) is 1. The first kappa shape index (κ1) is 13.4. The van der Waals surface area contributed by atoms with Crippen LogP contribution >= 0.6 is 11.6 Å². The molecule has 1 heterocycles. The van der Waals surface area contributed by atoms with Gasteiger partial charge in [0.05, 0.1) is 0 Å². The van der Waals surface area contributed by atoms with Crippen LogP contribution in [-0.4, -0.2) is 16.7 Å². The van der Waals surface area contributed by atoms with Gasteiger partial charge in [-0.05, 0) is 57.5 Å². The van der Waals surface area contributed by atoms with Crippen LogP contribution in [0.25, 0.3) is 10.9 Å². The minimum Gasteiger partial charge on any atom is -0.350 e. The van der Waals surface area contributed by atoms with Crippen molar-refractivity contribution in [2.45, 2.75) is 32.7 Å². The molecule has 0 spiro atoms. The minimum absolute atomic E-state index is 0.169. The van der Waals surface area contributed by atoms with E-state index in [4.69, 9.17) is 11.6 Å². The molecule has 0 atom stereocenters. The molecule has 2 rings (SSSR count). The summed E-state index contributed by atoms with van der Waals surface area (Å²) in [4.78, 5) is 0. The highest BCUT2D eigenvalue weighted by molar-refractivity contribution is 6.31. The minimum atomic E-state index is 0.169. The Kier molecular flexibility index (Phi) is 3.69. The maximum atomic E-state index is 6.08. The number of halogens is 1. The Morgan fingerprint density at radius 1 is 1.28 bits per heavy atom. The number of rotatable bonds is 3. The first-order valence-electron chi connectivity index (χ1n) is 6.35. The lowest BCUT2D eigenvalue weighted by atomic mass is 10.1. The molecule has 0 saturated heterocycles. The second kappa shape index (κ2) is 4.94. The number of aromatic nitrogens is 1. The molecule has 0 saturated carbocycles. The van der Waals surface area contributed by atoms with Crippen molar-refractivity contribution in [1.82, 2.24) is 9.88 Å². The van der Waals surface area contributed by atoms with Crippen LogP contribution in [0.5, 0.6) is 0 Å². The summed E-state index contributed by atoms with van der Waals surface area (Å²) < 4.78 is 2.16. The Balaban J connectivity index is 2.20. The van der Waals surface area contributed by atoms with Crippen LogP contribution in [0.3, 0.4) is 0 Å². The number of benzene rings is 1. The van der Waals surface area contributed by atoms with E-state index in [9.17, 15) is 0 Å². The van der Waals surface area contributed by atoms with Gasteiger partial charge in [0.25, 0.3) is 0 Å². The Morgan fingerprint density at radius 3 is 2.67 bits per heavy atom. The summed E-state index contributed by atoms with van der Waals surface area (Å²) in [6, 6.07) is 6.09. The Labute approximate surface area is 114 Å². The summed E-state index contributed by atoms with van der Waals surface area (Å²) in [7, 11) is 2.08. The molecule has 2 nitrogen and oxygen atoms in total. The average Bonchev–Trinajstić information content (AvgIpc) is 2.54. The second-order valence-electron chi connectivity index (χ2n) is 5.85. The number of nitrogens with one attached hydrogen (secondary N) is 1. The van der Waals surface area contributed by atoms with Crippen LogP contribution in [0.1, 0.15) is 26.3 Å². The van der Waals surface area contributed by atoms with E-state index in [-0.39, 0.29) is 5.54 Å². The van der Waals surface area contributed by atoms with Crippen molar-refractivity contribution < 1.29 is 0 Å². The van der Waals surface area contributed by atoms with Crippen LogP contribution < -0.4 is 5.32 Å². The van der Waals surface area contributed by atoms with E-state index in [0.29, 0.717) is 0 Å². The zero-order valence-electron chi connectivity index (χ0n) is 11.5. The molecule has 3 heteroatoms. The molecule has 98 valence electrons. The molecule has 2 aromatic rings. The molecule has 1 aromatic heterocycles. The van der Waals surface area contributed by atoms with Crippen molar-refractivity contribution in [3.8, 4) is 0 Å². The van der Waals surface area contributed by atoms with Gasteiger partial charge in [-0.2, -0.15) is 0 Å². The third-order valence-corrected chi connectivity index (χ3v) is 3.32. The Hall–Kier alpha value is -0.990. The highest BCUT2D eigenvalue weighted by atomic mass is 35.5. The molecule has 18 heavy (non-hydrogen) atoms. The third-order valence-electron chi connectivity index (χ3n) is 3.08. The van der Waals surface area contributed by atoms with Crippen LogP contribution in [0.4, 0.5) is 0 Å². The molecule has 0 bridgehead atoms. The molecule has 0 aliphatic heterocycles. The average molecular weight is 265 g/mol. The predicted molar refractivity (Wildman–Crippen MR) is 79.4 cm³/mol. The van der Waals surface area contributed by atoms with Gasteiger partial charge < -0.3 is 9.88 Å². The fourth-order valence-electron chi connectivity index (χ4n) is 2.22. The molecule has 0 fully saturated rings. The molecule has 0 aliphatic carbocycles. The maximum Gasteiger partial charge on any atom is 0.0481 e. The smallest absolute Gasteiger partial charge is 0.0481 e. The highest BCUT2D eigenvalue weighted by Gasteiger charge is 2.10. The second-order valence-corrected chi connectivity index (χ2v) is 6.29. The molecule has 1 N–H and O–H groups in total. The predicted octanol–water partition coefficient (Wildman–Crippen LogP) is 3.76. The lowest BCUT2D eigenvalue weighted by Gasteiger charge is -2.20. The monoisotopic (exact) mass is 264 g/mol. The van der Waals surface area contributed by atoms with Crippen molar-refractivity contribution in [2.75, 3.05) is 6.54 Å². The van der Waals surface area contributed by atoms with Gasteiger partial charge in [-0.1, -0.05) is 11.6 Å². The zero-order valence-corrected chi connectivity index (χ0v) is 12.3. The van der Waals surface area contributed by atoms with Gasteiger partial charge >= 0.3 is 0 Å². The van der Waals surface area contributed by atoms with Gasteiger partial charge in [-0.15, -0.1) is 0 Å². The summed E-state index contributed by atoms with van der Waals surface area (Å²) in [6.07, 6.45) is 3.22. The fourth-order valence-corrected chi connectivity index (χ4v) is 2.39. The summed E-state index contributed by atoms with van der Waals surface area (Å²) in [5, 5.41) is 5.59. The van der Waals surface area contributed by atoms with Crippen LogP contribution in [-0.2, 0) is 13.5 Å². The first-order chi connectivity index (χ1) is 8.37. The lowest BCUT2D eigenvalue weighted by molar-refractivity contribution is 0.430.